The molecule has 1 N–H and O–H groups in total. The molecule has 1 aliphatic carbocycles. The Bertz CT molecular complexity index is 694. The van der Waals surface area contributed by atoms with Gasteiger partial charge in [0, 0.05) is 11.8 Å². The Morgan fingerprint density at radius 3 is 2.57 bits per heavy atom. The molecule has 5 heteroatoms. The molecule has 4 nitrogen and oxygen atoms in total. The van der Waals surface area contributed by atoms with E-state index in [1.54, 1.807) is 0 Å². The fraction of sp³-hybridized carbons (Fsp3) is 0.333. The number of rotatable bonds is 5. The van der Waals surface area contributed by atoms with Crippen LogP contribution < -0.4 is 4.74 Å². The van der Waals surface area contributed by atoms with Crippen LogP contribution in [0.2, 0.25) is 0 Å². The van der Waals surface area contributed by atoms with Crippen molar-refractivity contribution in [3.63, 3.8) is 0 Å². The Morgan fingerprint density at radius 2 is 1.96 bits per heavy atom. The fourth-order valence-electron chi connectivity index (χ4n) is 2.92. The first kappa shape index (κ1) is 15.6. The number of hydrogen-bond acceptors (Lipinski definition) is 4. The normalized spacial score (nSPS) is 14.9. The van der Waals surface area contributed by atoms with Gasteiger partial charge in [-0.05, 0) is 42.5 Å². The van der Waals surface area contributed by atoms with Crippen LogP contribution in [0, 0.1) is 5.82 Å². The lowest BCUT2D eigenvalue weighted by molar-refractivity contribution is 0.0903. The lowest BCUT2D eigenvalue weighted by Crippen LogP contribution is -2.06. The van der Waals surface area contributed by atoms with Crippen LogP contribution >= 0.6 is 0 Å². The van der Waals surface area contributed by atoms with Gasteiger partial charge in [-0.2, -0.15) is 0 Å². The van der Waals surface area contributed by atoms with Gasteiger partial charge in [0.1, 0.15) is 12.4 Å². The third-order valence-electron chi connectivity index (χ3n) is 4.19. The second-order valence-electron chi connectivity index (χ2n) is 5.74. The number of nitrogens with zero attached hydrogens (tertiary/aromatic N) is 1. The summed E-state index contributed by atoms with van der Waals surface area (Å²) in [7, 11) is 0. The van der Waals surface area contributed by atoms with E-state index in [0.717, 1.165) is 6.07 Å². The van der Waals surface area contributed by atoms with E-state index in [-0.39, 0.29) is 11.4 Å². The third kappa shape index (κ3) is 3.56. The number of ketones is 1. The molecule has 0 bridgehead atoms. The molecule has 0 unspecified atom stereocenters. The number of carbonyl (C=O) groups is 1. The Morgan fingerprint density at radius 1 is 1.26 bits per heavy atom. The van der Waals surface area contributed by atoms with E-state index < -0.39 is 18.2 Å². The molecule has 0 saturated heterocycles. The Kier molecular flexibility index (Phi) is 4.67. The van der Waals surface area contributed by atoms with Gasteiger partial charge in [-0.25, -0.2) is 9.37 Å². The number of benzene rings is 1. The zero-order chi connectivity index (χ0) is 16.2. The van der Waals surface area contributed by atoms with Crippen LogP contribution in [0.5, 0.6) is 11.6 Å². The van der Waals surface area contributed by atoms with Gasteiger partial charge < -0.3 is 9.84 Å². The zero-order valence-electron chi connectivity index (χ0n) is 12.7. The van der Waals surface area contributed by atoms with Crippen molar-refractivity contribution in [3.8, 4) is 11.6 Å². The minimum Gasteiger partial charge on any atom is -0.436 e. The summed E-state index contributed by atoms with van der Waals surface area (Å²) < 4.78 is 19.4. The molecule has 23 heavy (non-hydrogen) atoms. The summed E-state index contributed by atoms with van der Waals surface area (Å²) in [5.41, 5.74) is 1.31. The van der Waals surface area contributed by atoms with Crippen LogP contribution in [0.25, 0.3) is 0 Å². The lowest BCUT2D eigenvalue weighted by Gasteiger charge is -2.11. The van der Waals surface area contributed by atoms with E-state index in [9.17, 15) is 9.18 Å². The minimum atomic E-state index is -0.732. The van der Waals surface area contributed by atoms with Gasteiger partial charge in [-0.15, -0.1) is 0 Å². The smallest absolute Gasteiger partial charge is 0.255 e. The van der Waals surface area contributed by atoms with E-state index >= 15 is 0 Å². The van der Waals surface area contributed by atoms with Crippen molar-refractivity contribution in [1.82, 2.24) is 4.98 Å². The Balaban J connectivity index is 1.72. The maximum atomic E-state index is 13.9. The average Bonchev–Trinajstić information content (AvgIpc) is 3.11. The van der Waals surface area contributed by atoms with E-state index in [0.29, 0.717) is 11.7 Å². The SMILES string of the molecule is O=C(CO)c1cnc(Oc2ccc(C3CCCC3)cc2)c(F)c1. The van der Waals surface area contributed by atoms with Crippen LogP contribution in [-0.2, 0) is 0 Å². The quantitative estimate of drug-likeness (QED) is 0.852. The summed E-state index contributed by atoms with van der Waals surface area (Å²) in [6.07, 6.45) is 6.19. The number of hydrogen-bond donors (Lipinski definition) is 1. The highest BCUT2D eigenvalue weighted by molar-refractivity contribution is 5.96. The molecule has 1 aliphatic rings. The summed E-state index contributed by atoms with van der Waals surface area (Å²) in [4.78, 5) is 15.1. The van der Waals surface area contributed by atoms with Gasteiger partial charge in [0.25, 0.3) is 5.88 Å². The van der Waals surface area contributed by atoms with Crippen molar-refractivity contribution in [2.45, 2.75) is 31.6 Å². The molecule has 2 aromatic rings. The molecule has 0 atom stereocenters. The number of aromatic nitrogens is 1. The third-order valence-corrected chi connectivity index (χ3v) is 4.19. The first-order valence-electron chi connectivity index (χ1n) is 7.75. The first-order valence-corrected chi connectivity index (χ1v) is 7.75. The number of pyridine rings is 1. The Labute approximate surface area is 133 Å². The highest BCUT2D eigenvalue weighted by Crippen LogP contribution is 2.35. The van der Waals surface area contributed by atoms with Crippen molar-refractivity contribution in [3.05, 3.63) is 53.5 Å². The summed E-state index contributed by atoms with van der Waals surface area (Å²) in [5, 5.41) is 8.77. The molecule has 1 aromatic heterocycles. The van der Waals surface area contributed by atoms with Crippen LogP contribution in [-0.4, -0.2) is 22.5 Å². The molecular formula is C18H18FNO3. The van der Waals surface area contributed by atoms with Gasteiger partial charge in [-0.1, -0.05) is 25.0 Å². The summed E-state index contributed by atoms with van der Waals surface area (Å²) in [6.45, 7) is -0.677. The molecule has 120 valence electrons. The van der Waals surface area contributed by atoms with Gasteiger partial charge in [0.05, 0.1) is 0 Å². The van der Waals surface area contributed by atoms with Crippen LogP contribution in [0.3, 0.4) is 0 Å². The molecule has 0 aliphatic heterocycles. The van der Waals surface area contributed by atoms with Gasteiger partial charge in [0.15, 0.2) is 11.6 Å². The fourth-order valence-corrected chi connectivity index (χ4v) is 2.92. The molecule has 1 saturated carbocycles. The molecule has 1 aromatic carbocycles. The second kappa shape index (κ2) is 6.87. The van der Waals surface area contributed by atoms with Crippen molar-refractivity contribution in [1.29, 1.82) is 0 Å². The number of Topliss-reactive ketones (excluding diaryl/α,β-unsaturated/α-hetero) is 1. The monoisotopic (exact) mass is 315 g/mol. The van der Waals surface area contributed by atoms with E-state index in [1.807, 2.05) is 24.3 Å². The second-order valence-corrected chi connectivity index (χ2v) is 5.74. The maximum absolute atomic E-state index is 13.9. The lowest BCUT2D eigenvalue weighted by atomic mass is 9.98. The van der Waals surface area contributed by atoms with Crippen molar-refractivity contribution >= 4 is 5.78 Å². The number of ether oxygens (including phenoxy) is 1. The highest BCUT2D eigenvalue weighted by Gasteiger charge is 2.17. The van der Waals surface area contributed by atoms with Crippen LogP contribution in [0.1, 0.15) is 47.5 Å². The van der Waals surface area contributed by atoms with Crippen molar-refractivity contribution in [2.24, 2.45) is 0 Å². The Hall–Kier alpha value is -2.27. The van der Waals surface area contributed by atoms with Crippen molar-refractivity contribution < 1.29 is 19.0 Å². The standard InChI is InChI=1S/C18H18FNO3/c19-16-9-14(17(22)11-21)10-20-18(16)23-15-7-5-13(6-8-15)12-3-1-2-4-12/h5-10,12,21H,1-4,11H2. The van der Waals surface area contributed by atoms with Crippen LogP contribution in [0.4, 0.5) is 4.39 Å². The molecule has 0 radical (unpaired) electrons. The number of carbonyl (C=O) groups excluding carboxylic acids is 1. The van der Waals surface area contributed by atoms with Gasteiger partial charge in [-0.3, -0.25) is 4.79 Å². The van der Waals surface area contributed by atoms with E-state index in [1.165, 1.54) is 37.4 Å². The van der Waals surface area contributed by atoms with Gasteiger partial charge in [0.2, 0.25) is 0 Å². The molecular weight excluding hydrogens is 297 g/mol. The average molecular weight is 315 g/mol. The largest absolute Gasteiger partial charge is 0.436 e. The molecule has 1 heterocycles. The summed E-state index contributed by atoms with van der Waals surface area (Å²) in [5.74, 6) is -0.386. The van der Waals surface area contributed by atoms with E-state index in [4.69, 9.17) is 9.84 Å². The highest BCUT2D eigenvalue weighted by atomic mass is 19.1. The number of aliphatic hydroxyl groups is 1. The summed E-state index contributed by atoms with van der Waals surface area (Å²) >= 11 is 0. The molecule has 0 amide bonds. The number of halogens is 1. The topological polar surface area (TPSA) is 59.4 Å². The maximum Gasteiger partial charge on any atom is 0.255 e. The van der Waals surface area contributed by atoms with Crippen LogP contribution in [0.15, 0.2) is 36.5 Å². The molecule has 1 fully saturated rings. The minimum absolute atomic E-state index is 0.0222. The van der Waals surface area contributed by atoms with Crippen molar-refractivity contribution in [2.75, 3.05) is 6.61 Å². The molecule has 3 rings (SSSR count). The number of aliphatic hydroxyl groups excluding tert-OH is 1. The zero-order valence-corrected chi connectivity index (χ0v) is 12.7. The molecule has 0 spiro atoms. The predicted octanol–water partition coefficient (Wildman–Crippen LogP) is 3.85. The summed E-state index contributed by atoms with van der Waals surface area (Å²) in [6, 6.07) is 8.65. The van der Waals surface area contributed by atoms with Gasteiger partial charge >= 0.3 is 0 Å². The first-order chi connectivity index (χ1) is 11.2. The van der Waals surface area contributed by atoms with E-state index in [2.05, 4.69) is 4.98 Å². The predicted molar refractivity (Wildman–Crippen MR) is 83.3 cm³/mol.